The van der Waals surface area contributed by atoms with Gasteiger partial charge in [0.2, 0.25) is 5.88 Å². The normalized spacial score (nSPS) is 34.6. The summed E-state index contributed by atoms with van der Waals surface area (Å²) in [5.74, 6) is 1.09. The molecular formula is C13H18ClN3O. The molecule has 1 atom stereocenters. The summed E-state index contributed by atoms with van der Waals surface area (Å²) in [4.78, 5) is 10.7. The van der Waals surface area contributed by atoms with Gasteiger partial charge in [-0.2, -0.15) is 0 Å². The maximum Gasteiger partial charge on any atom is 0.237 e. The topological polar surface area (TPSA) is 38.3 Å². The molecule has 0 aromatic carbocycles. The van der Waals surface area contributed by atoms with Crippen molar-refractivity contribution in [2.75, 3.05) is 26.2 Å². The molecule has 98 valence electrons. The third-order valence-electron chi connectivity index (χ3n) is 4.03. The molecule has 4 heterocycles. The largest absolute Gasteiger partial charge is 0.477 e. The number of aromatic nitrogens is 2. The summed E-state index contributed by atoms with van der Waals surface area (Å²) in [6, 6.07) is 0. The Hall–Kier alpha value is -0.870. The van der Waals surface area contributed by atoms with Gasteiger partial charge in [0.15, 0.2) is 0 Å². The molecule has 3 saturated heterocycles. The van der Waals surface area contributed by atoms with Crippen molar-refractivity contribution in [3.8, 4) is 5.88 Å². The molecule has 1 unspecified atom stereocenters. The van der Waals surface area contributed by atoms with E-state index in [2.05, 4.69) is 14.9 Å². The van der Waals surface area contributed by atoms with Crippen LogP contribution in [0.5, 0.6) is 5.88 Å². The number of halogens is 1. The summed E-state index contributed by atoms with van der Waals surface area (Å²) in [5, 5.41) is 0. The molecule has 18 heavy (non-hydrogen) atoms. The minimum absolute atomic E-state index is 0.421. The molecule has 0 saturated carbocycles. The Bertz CT molecular complexity index is 434. The zero-order chi connectivity index (χ0) is 12.6. The second kappa shape index (κ2) is 4.67. The van der Waals surface area contributed by atoms with E-state index in [1.54, 1.807) is 12.4 Å². The van der Waals surface area contributed by atoms with Crippen molar-refractivity contribution < 1.29 is 4.74 Å². The van der Waals surface area contributed by atoms with Crippen LogP contribution in [0.3, 0.4) is 0 Å². The second-order valence-electron chi connectivity index (χ2n) is 5.06. The Kier molecular flexibility index (Phi) is 3.16. The van der Waals surface area contributed by atoms with Gasteiger partial charge in [-0.15, -0.1) is 11.6 Å². The minimum atomic E-state index is -0.421. The van der Waals surface area contributed by atoms with Gasteiger partial charge in [0.1, 0.15) is 10.6 Å². The molecule has 3 fully saturated rings. The maximum atomic E-state index is 6.91. The summed E-state index contributed by atoms with van der Waals surface area (Å²) in [6.45, 7) is 5.72. The second-order valence-corrected chi connectivity index (χ2v) is 5.73. The van der Waals surface area contributed by atoms with Crippen molar-refractivity contribution in [1.82, 2.24) is 14.9 Å². The lowest BCUT2D eigenvalue weighted by Crippen LogP contribution is -2.54. The summed E-state index contributed by atoms with van der Waals surface area (Å²) < 4.78 is 5.59. The van der Waals surface area contributed by atoms with Gasteiger partial charge in [-0.3, -0.25) is 4.98 Å². The Morgan fingerprint density at radius 3 is 2.72 bits per heavy atom. The molecular weight excluding hydrogens is 250 g/mol. The van der Waals surface area contributed by atoms with E-state index in [4.69, 9.17) is 16.3 Å². The lowest BCUT2D eigenvalue weighted by molar-refractivity contribution is 0.0626. The van der Waals surface area contributed by atoms with Crippen LogP contribution in [0.15, 0.2) is 12.4 Å². The monoisotopic (exact) mass is 267 g/mol. The predicted octanol–water partition coefficient (Wildman–Crippen LogP) is 2.04. The molecule has 3 aliphatic heterocycles. The number of fused-ring (bicyclic) bond motifs is 3. The molecule has 0 radical (unpaired) electrons. The van der Waals surface area contributed by atoms with E-state index in [0.717, 1.165) is 38.2 Å². The van der Waals surface area contributed by atoms with Gasteiger partial charge in [0, 0.05) is 18.9 Å². The molecule has 0 amide bonds. The van der Waals surface area contributed by atoms with Crippen LogP contribution in [0.4, 0.5) is 0 Å². The van der Waals surface area contributed by atoms with Crippen molar-refractivity contribution in [3.63, 3.8) is 0 Å². The minimum Gasteiger partial charge on any atom is -0.477 e. The van der Waals surface area contributed by atoms with E-state index in [1.165, 1.54) is 0 Å². The highest BCUT2D eigenvalue weighted by molar-refractivity contribution is 6.24. The molecule has 5 heteroatoms. The highest BCUT2D eigenvalue weighted by Crippen LogP contribution is 2.48. The predicted molar refractivity (Wildman–Crippen MR) is 69.9 cm³/mol. The van der Waals surface area contributed by atoms with Crippen molar-refractivity contribution in [3.05, 3.63) is 18.1 Å². The average Bonchev–Trinajstić information content (AvgIpc) is 2.41. The molecule has 4 rings (SSSR count). The SMILES string of the molecule is CCOc1nccnc1C1(Cl)CN2CCC1CC2. The summed E-state index contributed by atoms with van der Waals surface area (Å²) >= 11 is 6.91. The molecule has 2 bridgehead atoms. The average molecular weight is 268 g/mol. The van der Waals surface area contributed by atoms with Gasteiger partial charge in [0.05, 0.1) is 6.61 Å². The van der Waals surface area contributed by atoms with Crippen LogP contribution in [-0.4, -0.2) is 41.1 Å². The van der Waals surface area contributed by atoms with Crippen LogP contribution < -0.4 is 4.74 Å². The van der Waals surface area contributed by atoms with Crippen molar-refractivity contribution >= 4 is 11.6 Å². The van der Waals surface area contributed by atoms with Crippen molar-refractivity contribution in [2.24, 2.45) is 5.92 Å². The van der Waals surface area contributed by atoms with Crippen LogP contribution in [0, 0.1) is 5.92 Å². The highest BCUT2D eigenvalue weighted by atomic mass is 35.5. The number of nitrogens with zero attached hydrogens (tertiary/aromatic N) is 3. The Labute approximate surface area is 112 Å². The first-order valence-electron chi connectivity index (χ1n) is 6.59. The summed E-state index contributed by atoms with van der Waals surface area (Å²) in [5.41, 5.74) is 0.822. The molecule has 1 aromatic rings. The lowest BCUT2D eigenvalue weighted by Gasteiger charge is -2.49. The van der Waals surface area contributed by atoms with E-state index < -0.39 is 4.87 Å². The molecule has 1 aromatic heterocycles. The first-order chi connectivity index (χ1) is 8.74. The van der Waals surface area contributed by atoms with Gasteiger partial charge in [-0.1, -0.05) is 0 Å². The van der Waals surface area contributed by atoms with Crippen molar-refractivity contribution in [1.29, 1.82) is 0 Å². The fourth-order valence-electron chi connectivity index (χ4n) is 3.12. The van der Waals surface area contributed by atoms with Crippen LogP contribution in [-0.2, 0) is 4.87 Å². The van der Waals surface area contributed by atoms with E-state index >= 15 is 0 Å². The summed E-state index contributed by atoms with van der Waals surface area (Å²) in [6.07, 6.45) is 5.66. The molecule has 0 spiro atoms. The molecule has 4 nitrogen and oxygen atoms in total. The number of piperidine rings is 3. The molecule has 0 N–H and O–H groups in total. The van der Waals surface area contributed by atoms with Crippen LogP contribution >= 0.6 is 11.6 Å². The lowest BCUT2D eigenvalue weighted by atomic mass is 9.76. The van der Waals surface area contributed by atoms with Gasteiger partial charge in [-0.25, -0.2) is 4.98 Å². The van der Waals surface area contributed by atoms with E-state index in [9.17, 15) is 0 Å². The number of rotatable bonds is 3. The fraction of sp³-hybridized carbons (Fsp3) is 0.692. The number of hydrogen-bond acceptors (Lipinski definition) is 4. The third-order valence-corrected chi connectivity index (χ3v) is 4.63. The van der Waals surface area contributed by atoms with Gasteiger partial charge in [-0.05, 0) is 38.8 Å². The first kappa shape index (κ1) is 12.2. The Morgan fingerprint density at radius 2 is 2.11 bits per heavy atom. The van der Waals surface area contributed by atoms with Crippen LogP contribution in [0.2, 0.25) is 0 Å². The van der Waals surface area contributed by atoms with E-state index in [-0.39, 0.29) is 0 Å². The van der Waals surface area contributed by atoms with Gasteiger partial charge >= 0.3 is 0 Å². The smallest absolute Gasteiger partial charge is 0.237 e. The zero-order valence-corrected chi connectivity index (χ0v) is 11.4. The Balaban J connectivity index is 1.98. The first-order valence-corrected chi connectivity index (χ1v) is 6.97. The zero-order valence-electron chi connectivity index (χ0n) is 10.6. The number of hydrogen-bond donors (Lipinski definition) is 0. The van der Waals surface area contributed by atoms with E-state index in [1.807, 2.05) is 6.92 Å². The van der Waals surface area contributed by atoms with Gasteiger partial charge < -0.3 is 9.64 Å². The van der Waals surface area contributed by atoms with Crippen LogP contribution in [0.25, 0.3) is 0 Å². The maximum absolute atomic E-state index is 6.91. The standard InChI is InChI=1S/C13H18ClN3O/c1-2-18-12-11(15-5-6-16-12)13(14)9-17-7-3-10(13)4-8-17/h5-6,10H,2-4,7-9H2,1H3. The molecule has 3 aliphatic rings. The summed E-state index contributed by atoms with van der Waals surface area (Å²) in [7, 11) is 0. The quantitative estimate of drug-likeness (QED) is 0.786. The number of alkyl halides is 1. The highest BCUT2D eigenvalue weighted by Gasteiger charge is 2.49. The number of ether oxygens (including phenoxy) is 1. The molecule has 0 aliphatic carbocycles. The van der Waals surface area contributed by atoms with Gasteiger partial charge in [0.25, 0.3) is 0 Å². The van der Waals surface area contributed by atoms with Crippen LogP contribution in [0.1, 0.15) is 25.5 Å². The van der Waals surface area contributed by atoms with Crippen molar-refractivity contribution in [2.45, 2.75) is 24.6 Å². The third kappa shape index (κ3) is 1.88. The van der Waals surface area contributed by atoms with E-state index in [0.29, 0.717) is 18.4 Å². The Morgan fingerprint density at radius 1 is 1.39 bits per heavy atom. The fourth-order valence-corrected chi connectivity index (χ4v) is 3.64.